The smallest absolute Gasteiger partial charge is 0.319 e. The number of nitrogens with one attached hydrogen (secondary N) is 7. The Bertz CT molecular complexity index is 3250. The first-order chi connectivity index (χ1) is 32.9. The normalized spacial score (nSPS) is 12.3. The van der Waals surface area contributed by atoms with E-state index in [1.165, 1.54) is 18.2 Å². The maximum absolute atomic E-state index is 14.6. The Balaban J connectivity index is 1.74. The Morgan fingerprint density at radius 2 is 1.27 bits per heavy atom. The van der Waals surface area contributed by atoms with E-state index in [4.69, 9.17) is 4.42 Å². The summed E-state index contributed by atoms with van der Waals surface area (Å²) in [5.41, 5.74) is 9.83. The van der Waals surface area contributed by atoms with E-state index in [0.717, 1.165) is 58.3 Å². The summed E-state index contributed by atoms with van der Waals surface area (Å²) in [6.45, 7) is 23.1. The number of hydrogen-bond donors (Lipinski definition) is 7. The lowest BCUT2D eigenvalue weighted by Crippen LogP contribution is -2.72. The third-order valence-corrected chi connectivity index (χ3v) is 14.6. The largest absolute Gasteiger partial charge is 0.744 e. The van der Waals surface area contributed by atoms with Crippen molar-refractivity contribution in [1.29, 1.82) is 0 Å². The number of unbranched alkanes of at least 4 members (excludes halogenated alkanes) is 2. The van der Waals surface area contributed by atoms with Gasteiger partial charge in [0.1, 0.15) is 21.5 Å². The van der Waals surface area contributed by atoms with Crippen LogP contribution in [0.1, 0.15) is 106 Å². The number of anilines is 4. The van der Waals surface area contributed by atoms with Crippen LogP contribution in [0.25, 0.3) is 33.4 Å². The topological polar surface area (TPSA) is 225 Å². The summed E-state index contributed by atoms with van der Waals surface area (Å²) < 4.78 is 78.1. The molecule has 6 rings (SSSR count). The second-order valence-electron chi connectivity index (χ2n) is 18.7. The van der Waals surface area contributed by atoms with Crippen molar-refractivity contribution in [3.8, 4) is 22.5 Å². The van der Waals surface area contributed by atoms with Crippen LogP contribution in [0.2, 0.25) is 0 Å². The molecule has 0 atom stereocenters. The summed E-state index contributed by atoms with van der Waals surface area (Å²) in [5, 5.41) is 16.0. The molecule has 1 aliphatic heterocycles. The van der Waals surface area contributed by atoms with Gasteiger partial charge in [0.15, 0.2) is 4.90 Å². The Kier molecular flexibility index (Phi) is 16.5. The fraction of sp³-hybridized carbons (Fsp3) is 0.377. The van der Waals surface area contributed by atoms with Gasteiger partial charge in [0.25, 0.3) is 0 Å². The predicted molar refractivity (Wildman–Crippen MR) is 278 cm³/mol. The molecule has 1 aliphatic carbocycles. The number of amides is 4. The highest BCUT2D eigenvalue weighted by molar-refractivity contribution is 7.89. The number of carbonyl (C=O) groups is 2. The van der Waals surface area contributed by atoms with Gasteiger partial charge in [0.2, 0.25) is 21.1 Å². The first-order valence-corrected chi connectivity index (χ1v) is 26.7. The number of sulfonamides is 1. The van der Waals surface area contributed by atoms with Crippen LogP contribution in [0, 0.1) is 41.5 Å². The molecule has 1 heterocycles. The van der Waals surface area contributed by atoms with E-state index in [-0.39, 0.29) is 51.8 Å². The fourth-order valence-corrected chi connectivity index (χ4v) is 10.8. The predicted octanol–water partition coefficient (Wildman–Crippen LogP) is 9.50. The van der Waals surface area contributed by atoms with Crippen molar-refractivity contribution in [2.75, 3.05) is 22.5 Å². The highest BCUT2D eigenvalue weighted by Gasteiger charge is 2.30. The third kappa shape index (κ3) is 11.8. The Hall–Kier alpha value is -6.27. The molecule has 4 aromatic rings. The molecule has 17 heteroatoms. The van der Waals surface area contributed by atoms with Crippen LogP contribution in [0.5, 0.6) is 0 Å². The highest BCUT2D eigenvalue weighted by Crippen LogP contribution is 2.45. The molecule has 0 saturated heterocycles. The van der Waals surface area contributed by atoms with Crippen LogP contribution in [-0.4, -0.2) is 52.1 Å². The molecule has 0 aromatic heterocycles. The zero-order valence-corrected chi connectivity index (χ0v) is 43.9. The van der Waals surface area contributed by atoms with Crippen LogP contribution < -0.4 is 41.7 Å². The van der Waals surface area contributed by atoms with Crippen LogP contribution in [-0.2, 0) is 26.6 Å². The monoisotopic (exact) mass is 993 g/mol. The van der Waals surface area contributed by atoms with Crippen molar-refractivity contribution in [3.05, 3.63) is 105 Å². The van der Waals surface area contributed by atoms with E-state index in [1.807, 2.05) is 100 Å². The maximum Gasteiger partial charge on any atom is 0.319 e. The average Bonchev–Trinajstić information content (AvgIpc) is 3.26. The number of rotatable bonds is 17. The Labute approximate surface area is 412 Å². The molecule has 0 unspecified atom stereocenters. The molecule has 0 radical (unpaired) electrons. The van der Waals surface area contributed by atoms with Crippen molar-refractivity contribution in [3.63, 3.8) is 0 Å². The molecular formula is C53H67N7O8S2. The van der Waals surface area contributed by atoms with Gasteiger partial charge < -0.3 is 35.6 Å². The molecular weight excluding hydrogens is 927 g/mol. The van der Waals surface area contributed by atoms with Crippen molar-refractivity contribution < 1.29 is 40.4 Å². The van der Waals surface area contributed by atoms with Gasteiger partial charge in [0, 0.05) is 69.3 Å². The number of hydrogen-bond acceptors (Lipinski definition) is 9. The van der Waals surface area contributed by atoms with Crippen molar-refractivity contribution in [2.45, 2.75) is 137 Å². The van der Waals surface area contributed by atoms with Gasteiger partial charge >= 0.3 is 12.1 Å². The minimum atomic E-state index is -5.06. The summed E-state index contributed by atoms with van der Waals surface area (Å²) in [7, 11) is -9.35. The molecule has 0 bridgehead atoms. The highest BCUT2D eigenvalue weighted by atomic mass is 32.2. The summed E-state index contributed by atoms with van der Waals surface area (Å²) in [5.74, 6) is 0.185. The zero-order chi connectivity index (χ0) is 51.4. The van der Waals surface area contributed by atoms with Gasteiger partial charge in [-0.05, 0) is 141 Å². The van der Waals surface area contributed by atoms with Gasteiger partial charge in [0.05, 0.1) is 22.3 Å². The standard InChI is InChI=1S/C53H67N7O8S2/c1-13-15-19-37-25-39-43(27-41(37)57-48-31(7)23-33(9)50(35(48)11)59-52(61)55-29(3)4)68-44-28-42(58-49-32(8)24-34(10)51(36(49)12)60-53(62)56-30(5)6)46(69(63,64)54-22-16-14-2)26-40(44)47(39)38-20-17-18-21-45(38)70(65,66)67/h17-18,20-21,23-30,54,57H,13-16,19,22H2,1-12H3,(H2,55,59,61)(H2,56,60,62)(H,65,66,67). The van der Waals surface area contributed by atoms with Crippen molar-refractivity contribution in [1.82, 2.24) is 15.4 Å². The quantitative estimate of drug-likeness (QED) is 0.0262. The lowest BCUT2D eigenvalue weighted by Gasteiger charge is -2.23. The lowest BCUT2D eigenvalue weighted by molar-refractivity contribution is -0.406. The third-order valence-electron chi connectivity index (χ3n) is 12.2. The molecule has 0 fully saturated rings. The summed E-state index contributed by atoms with van der Waals surface area (Å²) in [6, 6.07) is 15.7. The number of fused-ring (bicyclic) bond motifs is 2. The Morgan fingerprint density at radius 1 is 0.686 bits per heavy atom. The summed E-state index contributed by atoms with van der Waals surface area (Å²) in [4.78, 5) is 28.7. The minimum Gasteiger partial charge on any atom is -0.744 e. The van der Waals surface area contributed by atoms with Crippen LogP contribution >= 0.6 is 0 Å². The molecule has 7 N–H and O–H groups in total. The van der Waals surface area contributed by atoms with E-state index in [0.29, 0.717) is 57.7 Å². The average molecular weight is 994 g/mol. The second-order valence-corrected chi connectivity index (χ2v) is 21.7. The molecule has 15 nitrogen and oxygen atoms in total. The zero-order valence-electron chi connectivity index (χ0n) is 42.3. The number of urea groups is 2. The first-order valence-electron chi connectivity index (χ1n) is 23.8. The van der Waals surface area contributed by atoms with Crippen molar-refractivity contribution >= 4 is 71.6 Å². The maximum atomic E-state index is 14.6. The van der Waals surface area contributed by atoms with E-state index in [1.54, 1.807) is 18.2 Å². The minimum absolute atomic E-state index is 0.0757. The molecule has 374 valence electrons. The SMILES string of the molecule is CCCCNS(=O)(=O)c1cc2c(-c3ccccc3S(=O)(=O)[O-])c3cc(CCCC)c(Nc4c(C)cc(C)c(NC(=O)NC(C)C)c4C)cc3oc-2cc1=[NH+]c1c(C)cc(C)c(NC(=O)NC(C)C)c1C. The second kappa shape index (κ2) is 21.8. The number of carbonyl (C=O) groups excluding carboxylic acids is 2. The molecule has 2 aliphatic rings. The molecule has 4 amide bonds. The van der Waals surface area contributed by atoms with Gasteiger partial charge in [-0.2, -0.15) is 0 Å². The van der Waals surface area contributed by atoms with Crippen LogP contribution in [0.3, 0.4) is 0 Å². The van der Waals surface area contributed by atoms with E-state index < -0.39 is 31.1 Å². The molecule has 0 saturated carbocycles. The van der Waals surface area contributed by atoms with Crippen LogP contribution in [0.15, 0.2) is 74.9 Å². The molecule has 0 spiro atoms. The molecule has 70 heavy (non-hydrogen) atoms. The lowest BCUT2D eigenvalue weighted by atomic mass is 9.91. The van der Waals surface area contributed by atoms with Gasteiger partial charge in [-0.1, -0.05) is 51.0 Å². The summed E-state index contributed by atoms with van der Waals surface area (Å²) >= 11 is 0. The Morgan fingerprint density at radius 3 is 1.87 bits per heavy atom. The van der Waals surface area contributed by atoms with Crippen molar-refractivity contribution in [2.24, 2.45) is 0 Å². The van der Waals surface area contributed by atoms with E-state index in [9.17, 15) is 31.0 Å². The van der Waals surface area contributed by atoms with Crippen LogP contribution in [0.4, 0.5) is 38.0 Å². The van der Waals surface area contributed by atoms with Gasteiger partial charge in [-0.25, -0.2) is 36.1 Å². The van der Waals surface area contributed by atoms with E-state index in [2.05, 4.69) is 43.2 Å². The van der Waals surface area contributed by atoms with Gasteiger partial charge in [-0.3, -0.25) is 0 Å². The fourth-order valence-electron chi connectivity index (χ4n) is 8.89. The number of benzene rings is 5. The molecule has 4 aromatic carbocycles. The number of aryl methyl sites for hydroxylation is 5. The van der Waals surface area contributed by atoms with Gasteiger partial charge in [-0.15, -0.1) is 0 Å². The first kappa shape index (κ1) is 53.1. The summed E-state index contributed by atoms with van der Waals surface area (Å²) in [6.07, 6.45) is 3.54. The van der Waals surface area contributed by atoms with E-state index >= 15 is 0 Å².